The van der Waals surface area contributed by atoms with Gasteiger partial charge in [0.25, 0.3) is 0 Å². The summed E-state index contributed by atoms with van der Waals surface area (Å²) in [6, 6.07) is 5.27. The third-order valence-corrected chi connectivity index (χ3v) is 4.22. The number of aromatic nitrogens is 1. The summed E-state index contributed by atoms with van der Waals surface area (Å²) in [6.45, 7) is 3.64. The first kappa shape index (κ1) is 16.4. The average molecular weight is 323 g/mol. The fourth-order valence-electron chi connectivity index (χ4n) is 1.93. The summed E-state index contributed by atoms with van der Waals surface area (Å²) in [5.41, 5.74) is 1.07. The Morgan fingerprint density at radius 3 is 2.82 bits per heavy atom. The van der Waals surface area contributed by atoms with E-state index in [0.717, 1.165) is 10.7 Å². The highest BCUT2D eigenvalue weighted by atomic mass is 32.1. The molecule has 0 aliphatic rings. The summed E-state index contributed by atoms with van der Waals surface area (Å²) >= 11 is 1.47. The van der Waals surface area contributed by atoms with Gasteiger partial charge in [0.1, 0.15) is 10.8 Å². The van der Waals surface area contributed by atoms with E-state index in [1.165, 1.54) is 23.5 Å². The van der Waals surface area contributed by atoms with Crippen molar-refractivity contribution in [3.8, 4) is 0 Å². The number of rotatable bonds is 5. The SMILES string of the molecule is Cc1csc(C(C)NC(=O)NCC(O)c2ccccc2F)n1. The second kappa shape index (κ2) is 7.33. The van der Waals surface area contributed by atoms with Gasteiger partial charge in [-0.1, -0.05) is 18.2 Å². The van der Waals surface area contributed by atoms with E-state index >= 15 is 0 Å². The third kappa shape index (κ3) is 4.25. The van der Waals surface area contributed by atoms with Crippen LogP contribution in [0.15, 0.2) is 29.6 Å². The van der Waals surface area contributed by atoms with Gasteiger partial charge in [-0.15, -0.1) is 11.3 Å². The van der Waals surface area contributed by atoms with Crippen LogP contribution in [0, 0.1) is 12.7 Å². The van der Waals surface area contributed by atoms with Crippen LogP contribution in [0.25, 0.3) is 0 Å². The Kier molecular flexibility index (Phi) is 5.46. The molecule has 0 fully saturated rings. The highest BCUT2D eigenvalue weighted by Gasteiger charge is 2.15. The Morgan fingerprint density at radius 1 is 1.45 bits per heavy atom. The van der Waals surface area contributed by atoms with Crippen LogP contribution in [0.2, 0.25) is 0 Å². The van der Waals surface area contributed by atoms with Crippen LogP contribution < -0.4 is 10.6 Å². The van der Waals surface area contributed by atoms with Crippen molar-refractivity contribution in [3.63, 3.8) is 0 Å². The monoisotopic (exact) mass is 323 g/mol. The van der Waals surface area contributed by atoms with Crippen LogP contribution in [0.3, 0.4) is 0 Å². The minimum absolute atomic E-state index is 0.0730. The lowest BCUT2D eigenvalue weighted by Crippen LogP contribution is -2.39. The van der Waals surface area contributed by atoms with Crippen molar-refractivity contribution in [3.05, 3.63) is 51.7 Å². The molecule has 3 N–H and O–H groups in total. The number of urea groups is 1. The summed E-state index contributed by atoms with van der Waals surface area (Å²) in [6.07, 6.45) is -1.09. The first-order valence-electron chi connectivity index (χ1n) is 6.86. The van der Waals surface area contributed by atoms with Gasteiger partial charge in [0.2, 0.25) is 0 Å². The predicted molar refractivity (Wildman–Crippen MR) is 83.2 cm³/mol. The molecule has 0 saturated heterocycles. The highest BCUT2D eigenvalue weighted by molar-refractivity contribution is 7.09. The number of aryl methyl sites for hydroxylation is 1. The number of carbonyl (C=O) groups excluding carboxylic acids is 1. The zero-order valence-electron chi connectivity index (χ0n) is 12.3. The van der Waals surface area contributed by atoms with Crippen LogP contribution in [0.5, 0.6) is 0 Å². The smallest absolute Gasteiger partial charge is 0.315 e. The molecule has 1 aromatic carbocycles. The van der Waals surface area contributed by atoms with Gasteiger partial charge in [0.15, 0.2) is 0 Å². The lowest BCUT2D eigenvalue weighted by atomic mass is 10.1. The number of hydrogen-bond donors (Lipinski definition) is 3. The summed E-state index contributed by atoms with van der Waals surface area (Å²) in [5.74, 6) is -0.496. The van der Waals surface area contributed by atoms with E-state index in [2.05, 4.69) is 15.6 Å². The second-order valence-corrected chi connectivity index (χ2v) is 5.83. The lowest BCUT2D eigenvalue weighted by molar-refractivity contribution is 0.168. The molecule has 2 aromatic rings. The molecule has 5 nitrogen and oxygen atoms in total. The molecule has 2 unspecified atom stereocenters. The molecular formula is C15H18FN3O2S. The standard InChI is InChI=1S/C15H18FN3O2S/c1-9-8-22-14(18-9)10(2)19-15(21)17-7-13(20)11-5-3-4-6-12(11)16/h3-6,8,10,13,20H,7H2,1-2H3,(H2,17,19,21). The molecule has 0 aliphatic carbocycles. The van der Waals surface area contributed by atoms with E-state index in [-0.39, 0.29) is 18.2 Å². The largest absolute Gasteiger partial charge is 0.386 e. The topological polar surface area (TPSA) is 74.2 Å². The van der Waals surface area contributed by atoms with Gasteiger partial charge in [0, 0.05) is 23.2 Å². The van der Waals surface area contributed by atoms with Crippen LogP contribution in [-0.2, 0) is 0 Å². The predicted octanol–water partition coefficient (Wildman–Crippen LogP) is 2.68. The molecule has 0 bridgehead atoms. The quantitative estimate of drug-likeness (QED) is 0.792. The van der Waals surface area contributed by atoms with Crippen molar-refractivity contribution in [1.82, 2.24) is 15.6 Å². The molecule has 1 heterocycles. The molecule has 0 radical (unpaired) electrons. The van der Waals surface area contributed by atoms with Gasteiger partial charge in [0.05, 0.1) is 12.1 Å². The van der Waals surface area contributed by atoms with E-state index in [1.807, 2.05) is 19.2 Å². The van der Waals surface area contributed by atoms with E-state index < -0.39 is 18.0 Å². The normalized spacial score (nSPS) is 13.5. The van der Waals surface area contributed by atoms with Gasteiger partial charge in [-0.25, -0.2) is 14.2 Å². The van der Waals surface area contributed by atoms with Crippen molar-refractivity contribution < 1.29 is 14.3 Å². The Bertz CT molecular complexity index is 647. The number of benzene rings is 1. The summed E-state index contributed by atoms with van der Waals surface area (Å²) < 4.78 is 13.5. The summed E-state index contributed by atoms with van der Waals surface area (Å²) in [4.78, 5) is 16.1. The van der Waals surface area contributed by atoms with Gasteiger partial charge >= 0.3 is 6.03 Å². The molecule has 2 amide bonds. The highest BCUT2D eigenvalue weighted by Crippen LogP contribution is 2.18. The molecule has 7 heteroatoms. The molecule has 0 saturated carbocycles. The molecular weight excluding hydrogens is 305 g/mol. The van der Waals surface area contributed by atoms with Gasteiger partial charge in [-0.2, -0.15) is 0 Å². The molecule has 0 aliphatic heterocycles. The molecule has 1 aromatic heterocycles. The number of carbonyl (C=O) groups is 1. The fraction of sp³-hybridized carbons (Fsp3) is 0.333. The van der Waals surface area contributed by atoms with E-state index in [0.29, 0.717) is 0 Å². The zero-order chi connectivity index (χ0) is 16.1. The first-order valence-corrected chi connectivity index (χ1v) is 7.74. The van der Waals surface area contributed by atoms with E-state index in [4.69, 9.17) is 0 Å². The number of aliphatic hydroxyl groups is 1. The number of aliphatic hydroxyl groups excluding tert-OH is 1. The second-order valence-electron chi connectivity index (χ2n) is 4.94. The van der Waals surface area contributed by atoms with E-state index in [1.54, 1.807) is 12.1 Å². The summed E-state index contributed by atoms with van der Waals surface area (Å²) in [7, 11) is 0. The first-order chi connectivity index (χ1) is 10.5. The van der Waals surface area contributed by atoms with Gasteiger partial charge in [-0.3, -0.25) is 0 Å². The zero-order valence-corrected chi connectivity index (χ0v) is 13.2. The van der Waals surface area contributed by atoms with Crippen molar-refractivity contribution in [2.45, 2.75) is 26.0 Å². The maximum atomic E-state index is 13.5. The Balaban J connectivity index is 1.84. The van der Waals surface area contributed by atoms with Crippen molar-refractivity contribution in [1.29, 1.82) is 0 Å². The molecule has 118 valence electrons. The fourth-order valence-corrected chi connectivity index (χ4v) is 2.73. The van der Waals surface area contributed by atoms with Gasteiger partial charge < -0.3 is 15.7 Å². The lowest BCUT2D eigenvalue weighted by Gasteiger charge is -2.15. The third-order valence-electron chi connectivity index (χ3n) is 3.07. The molecule has 0 spiro atoms. The van der Waals surface area contributed by atoms with Crippen LogP contribution in [0.4, 0.5) is 9.18 Å². The Labute approximate surface area is 132 Å². The van der Waals surface area contributed by atoms with Crippen LogP contribution >= 0.6 is 11.3 Å². The van der Waals surface area contributed by atoms with E-state index in [9.17, 15) is 14.3 Å². The van der Waals surface area contributed by atoms with Crippen LogP contribution in [0.1, 0.15) is 35.3 Å². The molecule has 2 rings (SSSR count). The minimum atomic E-state index is -1.09. The number of nitrogens with zero attached hydrogens (tertiary/aromatic N) is 1. The molecule has 2 atom stereocenters. The van der Waals surface area contributed by atoms with Crippen molar-refractivity contribution in [2.75, 3.05) is 6.54 Å². The summed E-state index contributed by atoms with van der Waals surface area (Å²) in [5, 5.41) is 17.9. The minimum Gasteiger partial charge on any atom is -0.386 e. The Hall–Kier alpha value is -1.99. The Morgan fingerprint density at radius 2 is 2.18 bits per heavy atom. The van der Waals surface area contributed by atoms with Gasteiger partial charge in [-0.05, 0) is 19.9 Å². The van der Waals surface area contributed by atoms with Crippen LogP contribution in [-0.4, -0.2) is 22.7 Å². The van der Waals surface area contributed by atoms with Crippen molar-refractivity contribution >= 4 is 17.4 Å². The number of thiazole rings is 1. The number of amides is 2. The maximum absolute atomic E-state index is 13.5. The average Bonchev–Trinajstić information content (AvgIpc) is 2.92. The van der Waals surface area contributed by atoms with Crippen molar-refractivity contribution in [2.24, 2.45) is 0 Å². The molecule has 22 heavy (non-hydrogen) atoms. The maximum Gasteiger partial charge on any atom is 0.315 e. The number of hydrogen-bond acceptors (Lipinski definition) is 4. The number of halogens is 1. The number of nitrogens with one attached hydrogen (secondary N) is 2.